The number of nitrogens with zero attached hydrogens (tertiary/aromatic N) is 4. The Morgan fingerprint density at radius 3 is 2.52 bits per heavy atom. The molecule has 2 aromatic carbocycles. The van der Waals surface area contributed by atoms with Crippen LogP contribution in [0.25, 0.3) is 11.0 Å². The minimum Gasteiger partial charge on any atom is -0.378 e. The first-order valence-corrected chi connectivity index (χ1v) is 11.1. The maximum absolute atomic E-state index is 13.7. The Morgan fingerprint density at radius 1 is 1.10 bits per heavy atom. The molecule has 1 aliphatic rings. The Balaban J connectivity index is 1.62. The molecule has 3 aromatic rings. The molecule has 0 N–H and O–H groups in total. The van der Waals surface area contributed by atoms with E-state index in [9.17, 15) is 4.79 Å². The molecule has 6 heteroatoms. The van der Waals surface area contributed by atoms with Crippen molar-refractivity contribution in [1.82, 2.24) is 14.5 Å². The summed E-state index contributed by atoms with van der Waals surface area (Å²) in [5.74, 6) is 1.12. The topological polar surface area (TPSA) is 50.6 Å². The van der Waals surface area contributed by atoms with Gasteiger partial charge in [0.15, 0.2) is 0 Å². The number of anilines is 1. The molecule has 1 aliphatic heterocycles. The van der Waals surface area contributed by atoms with E-state index < -0.39 is 0 Å². The van der Waals surface area contributed by atoms with Crippen LogP contribution >= 0.6 is 0 Å². The van der Waals surface area contributed by atoms with Gasteiger partial charge in [-0.1, -0.05) is 44.2 Å². The number of imidazole rings is 1. The van der Waals surface area contributed by atoms with Gasteiger partial charge in [0, 0.05) is 32.4 Å². The Kier molecular flexibility index (Phi) is 6.28. The van der Waals surface area contributed by atoms with Crippen LogP contribution in [0, 0.1) is 12.8 Å². The highest BCUT2D eigenvalue weighted by molar-refractivity contribution is 5.84. The van der Waals surface area contributed by atoms with Gasteiger partial charge in [-0.3, -0.25) is 4.79 Å². The molecule has 0 aliphatic carbocycles. The van der Waals surface area contributed by atoms with Crippen LogP contribution in [0.4, 0.5) is 5.69 Å². The third kappa shape index (κ3) is 4.30. The van der Waals surface area contributed by atoms with E-state index in [0.29, 0.717) is 6.54 Å². The number of carbonyl (C=O) groups excluding carboxylic acids is 1. The molecule has 1 atom stereocenters. The van der Waals surface area contributed by atoms with Crippen molar-refractivity contribution in [2.45, 2.75) is 33.4 Å². The van der Waals surface area contributed by atoms with Gasteiger partial charge in [0.1, 0.15) is 11.9 Å². The Hall–Kier alpha value is -2.86. The van der Waals surface area contributed by atoms with Gasteiger partial charge >= 0.3 is 0 Å². The summed E-state index contributed by atoms with van der Waals surface area (Å²) < 4.78 is 7.61. The van der Waals surface area contributed by atoms with Gasteiger partial charge in [0.05, 0.1) is 24.2 Å². The molecular formula is C25H32N4O2. The van der Waals surface area contributed by atoms with Crippen molar-refractivity contribution in [1.29, 1.82) is 0 Å². The van der Waals surface area contributed by atoms with E-state index in [-0.39, 0.29) is 17.9 Å². The second-order valence-electron chi connectivity index (χ2n) is 8.63. The fraction of sp³-hybridized carbons (Fsp3) is 0.440. The van der Waals surface area contributed by atoms with E-state index in [1.54, 1.807) is 0 Å². The van der Waals surface area contributed by atoms with Gasteiger partial charge < -0.3 is 19.1 Å². The maximum Gasteiger partial charge on any atom is 0.246 e. The first kappa shape index (κ1) is 21.4. The number of aromatic nitrogens is 2. The number of para-hydroxylation sites is 3. The average Bonchev–Trinajstić information content (AvgIpc) is 3.10. The lowest BCUT2D eigenvalue weighted by Gasteiger charge is -2.33. The maximum atomic E-state index is 13.7. The molecule has 1 unspecified atom stereocenters. The molecule has 0 radical (unpaired) electrons. The number of rotatable bonds is 6. The van der Waals surface area contributed by atoms with E-state index in [0.717, 1.165) is 48.7 Å². The van der Waals surface area contributed by atoms with Crippen molar-refractivity contribution in [2.24, 2.45) is 5.92 Å². The molecule has 0 spiro atoms. The predicted molar refractivity (Wildman–Crippen MR) is 124 cm³/mol. The van der Waals surface area contributed by atoms with E-state index in [1.807, 2.05) is 49.2 Å². The number of hydrogen-bond donors (Lipinski definition) is 0. The fourth-order valence-corrected chi connectivity index (χ4v) is 4.53. The highest BCUT2D eigenvalue weighted by atomic mass is 16.5. The van der Waals surface area contributed by atoms with Crippen molar-refractivity contribution in [3.8, 4) is 0 Å². The van der Waals surface area contributed by atoms with Crippen LogP contribution in [0.15, 0.2) is 48.5 Å². The number of ether oxygens (including phenoxy) is 1. The molecule has 1 aromatic heterocycles. The zero-order valence-corrected chi connectivity index (χ0v) is 18.9. The zero-order valence-electron chi connectivity index (χ0n) is 18.9. The van der Waals surface area contributed by atoms with Crippen molar-refractivity contribution in [3.05, 3.63) is 59.9 Å². The van der Waals surface area contributed by atoms with E-state index in [1.165, 1.54) is 5.69 Å². The third-order valence-corrected chi connectivity index (χ3v) is 6.06. The summed E-state index contributed by atoms with van der Waals surface area (Å²) in [7, 11) is 1.91. The molecule has 0 saturated carbocycles. The number of likely N-dealkylation sites (N-methyl/N-ethyl adjacent to an activating group) is 1. The van der Waals surface area contributed by atoms with Crippen LogP contribution in [0.2, 0.25) is 0 Å². The van der Waals surface area contributed by atoms with Crippen LogP contribution in [0.5, 0.6) is 0 Å². The molecule has 2 heterocycles. The normalized spacial score (nSPS) is 15.5. The van der Waals surface area contributed by atoms with Crippen LogP contribution in [0.3, 0.4) is 0 Å². The van der Waals surface area contributed by atoms with E-state index in [4.69, 9.17) is 9.72 Å². The van der Waals surface area contributed by atoms with Gasteiger partial charge in [-0.05, 0) is 36.6 Å². The molecule has 164 valence electrons. The molecule has 31 heavy (non-hydrogen) atoms. The minimum atomic E-state index is -0.298. The van der Waals surface area contributed by atoms with E-state index in [2.05, 4.69) is 41.5 Å². The Labute approximate surface area is 184 Å². The summed E-state index contributed by atoms with van der Waals surface area (Å²) in [6.07, 6.45) is 0. The van der Waals surface area contributed by atoms with Crippen LogP contribution in [0.1, 0.15) is 31.3 Å². The van der Waals surface area contributed by atoms with Gasteiger partial charge in [0.25, 0.3) is 0 Å². The second kappa shape index (κ2) is 9.10. The number of aryl methyl sites for hydroxylation is 1. The summed E-state index contributed by atoms with van der Waals surface area (Å²) >= 11 is 0. The molecule has 1 saturated heterocycles. The first-order chi connectivity index (χ1) is 15.0. The smallest absolute Gasteiger partial charge is 0.246 e. The zero-order chi connectivity index (χ0) is 22.0. The quantitative estimate of drug-likeness (QED) is 0.604. The number of hydrogen-bond acceptors (Lipinski definition) is 4. The molecule has 1 fully saturated rings. The lowest BCUT2D eigenvalue weighted by molar-refractivity contribution is -0.135. The predicted octanol–water partition coefficient (Wildman–Crippen LogP) is 4.04. The summed E-state index contributed by atoms with van der Waals surface area (Å²) in [6.45, 7) is 10.0. The Bertz CT molecular complexity index is 1050. The Morgan fingerprint density at radius 2 is 1.77 bits per heavy atom. The first-order valence-electron chi connectivity index (χ1n) is 11.1. The van der Waals surface area contributed by atoms with Gasteiger partial charge in [-0.15, -0.1) is 0 Å². The van der Waals surface area contributed by atoms with Crippen molar-refractivity contribution in [3.63, 3.8) is 0 Å². The SMILES string of the molecule is Cc1nc2ccccc2n1C(C(=O)N(C)Cc1ccccc1N1CCOCC1)C(C)C. The lowest BCUT2D eigenvalue weighted by Crippen LogP contribution is -2.39. The number of fused-ring (bicyclic) bond motifs is 1. The van der Waals surface area contributed by atoms with Crippen molar-refractivity contribution in [2.75, 3.05) is 38.3 Å². The van der Waals surface area contributed by atoms with Crippen LogP contribution < -0.4 is 4.90 Å². The number of carbonyl (C=O) groups is 1. The number of morpholine rings is 1. The fourth-order valence-electron chi connectivity index (χ4n) is 4.53. The minimum absolute atomic E-state index is 0.109. The van der Waals surface area contributed by atoms with Crippen molar-refractivity contribution >= 4 is 22.6 Å². The average molecular weight is 421 g/mol. The molecular weight excluding hydrogens is 388 g/mol. The van der Waals surface area contributed by atoms with Gasteiger partial charge in [-0.25, -0.2) is 4.98 Å². The standard InChI is InChI=1S/C25H32N4O2/c1-18(2)24(29-19(3)26-21-10-6-8-12-23(21)29)25(30)27(4)17-20-9-5-7-11-22(20)28-13-15-31-16-14-28/h5-12,18,24H,13-17H2,1-4H3. The van der Waals surface area contributed by atoms with Gasteiger partial charge in [-0.2, -0.15) is 0 Å². The molecule has 6 nitrogen and oxygen atoms in total. The summed E-state index contributed by atoms with van der Waals surface area (Å²) in [5, 5.41) is 0. The van der Waals surface area contributed by atoms with Crippen LogP contribution in [-0.4, -0.2) is 53.7 Å². The summed E-state index contributed by atoms with van der Waals surface area (Å²) in [4.78, 5) is 22.6. The highest BCUT2D eigenvalue weighted by Gasteiger charge is 2.30. The lowest BCUT2D eigenvalue weighted by atomic mass is 10.0. The molecule has 0 bridgehead atoms. The number of amides is 1. The molecule has 1 amide bonds. The monoisotopic (exact) mass is 420 g/mol. The summed E-state index contributed by atoms with van der Waals surface area (Å²) in [6, 6.07) is 16.1. The number of benzene rings is 2. The van der Waals surface area contributed by atoms with Crippen molar-refractivity contribution < 1.29 is 9.53 Å². The van der Waals surface area contributed by atoms with Gasteiger partial charge in [0.2, 0.25) is 5.91 Å². The molecule has 4 rings (SSSR count). The summed E-state index contributed by atoms with van der Waals surface area (Å²) in [5.41, 5.74) is 4.29. The van der Waals surface area contributed by atoms with E-state index >= 15 is 0 Å². The third-order valence-electron chi connectivity index (χ3n) is 6.06. The largest absolute Gasteiger partial charge is 0.378 e. The van der Waals surface area contributed by atoms with Crippen LogP contribution in [-0.2, 0) is 16.1 Å². The second-order valence-corrected chi connectivity index (χ2v) is 8.63. The highest BCUT2D eigenvalue weighted by Crippen LogP contribution is 2.29.